The van der Waals surface area contributed by atoms with Crippen molar-refractivity contribution >= 4 is 23.2 Å². The minimum atomic E-state index is -0.613. The standard InChI is InChI=1S/C18H19ClN2O5/c1-4-26-17-10-15(21(23)24)13(9-16(17)25-3)18(22)20(2)11-12-7-5-6-8-14(12)19/h5-10H,4,11H2,1-3H3. The number of benzene rings is 2. The van der Waals surface area contributed by atoms with Crippen molar-refractivity contribution in [2.24, 2.45) is 0 Å². The maximum absolute atomic E-state index is 12.8. The Kier molecular flexibility index (Phi) is 6.41. The van der Waals surface area contributed by atoms with Gasteiger partial charge in [0.25, 0.3) is 11.6 Å². The lowest BCUT2D eigenvalue weighted by Crippen LogP contribution is -2.27. The van der Waals surface area contributed by atoms with Crippen LogP contribution in [0, 0.1) is 10.1 Å². The lowest BCUT2D eigenvalue weighted by atomic mass is 10.1. The summed E-state index contributed by atoms with van der Waals surface area (Å²) in [7, 11) is 2.96. The normalized spacial score (nSPS) is 10.3. The van der Waals surface area contributed by atoms with E-state index in [0.29, 0.717) is 11.6 Å². The van der Waals surface area contributed by atoms with E-state index in [0.717, 1.165) is 5.56 Å². The van der Waals surface area contributed by atoms with Crippen LogP contribution in [-0.4, -0.2) is 36.5 Å². The third-order valence-electron chi connectivity index (χ3n) is 3.72. The zero-order valence-corrected chi connectivity index (χ0v) is 15.4. The molecular formula is C18H19ClN2O5. The van der Waals surface area contributed by atoms with Gasteiger partial charge in [-0.05, 0) is 18.6 Å². The molecule has 0 heterocycles. The van der Waals surface area contributed by atoms with E-state index >= 15 is 0 Å². The van der Waals surface area contributed by atoms with Crippen LogP contribution in [0.15, 0.2) is 36.4 Å². The van der Waals surface area contributed by atoms with Crippen molar-refractivity contribution in [3.05, 3.63) is 62.7 Å². The summed E-state index contributed by atoms with van der Waals surface area (Å²) in [6.07, 6.45) is 0. The Morgan fingerprint density at radius 1 is 1.27 bits per heavy atom. The van der Waals surface area contributed by atoms with Gasteiger partial charge in [-0.15, -0.1) is 0 Å². The molecule has 0 saturated heterocycles. The Morgan fingerprint density at radius 3 is 2.54 bits per heavy atom. The van der Waals surface area contributed by atoms with E-state index in [9.17, 15) is 14.9 Å². The fourth-order valence-corrected chi connectivity index (χ4v) is 2.65. The number of amides is 1. The fourth-order valence-electron chi connectivity index (χ4n) is 2.46. The summed E-state index contributed by atoms with van der Waals surface area (Å²) in [5.41, 5.74) is 0.320. The van der Waals surface area contributed by atoms with E-state index in [1.165, 1.54) is 24.1 Å². The van der Waals surface area contributed by atoms with Crippen LogP contribution in [0.4, 0.5) is 5.69 Å². The summed E-state index contributed by atoms with van der Waals surface area (Å²) in [6, 6.07) is 9.64. The Balaban J connectivity index is 2.40. The highest BCUT2D eigenvalue weighted by Gasteiger charge is 2.27. The summed E-state index contributed by atoms with van der Waals surface area (Å²) in [5, 5.41) is 12.0. The molecule has 8 heteroatoms. The topological polar surface area (TPSA) is 81.9 Å². The third kappa shape index (κ3) is 4.23. The molecule has 2 aromatic rings. The predicted molar refractivity (Wildman–Crippen MR) is 98.1 cm³/mol. The molecule has 0 spiro atoms. The Morgan fingerprint density at radius 2 is 1.96 bits per heavy atom. The first kappa shape index (κ1) is 19.5. The largest absolute Gasteiger partial charge is 0.493 e. The van der Waals surface area contributed by atoms with Gasteiger partial charge in [0.1, 0.15) is 5.56 Å². The molecule has 0 bridgehead atoms. The average molecular weight is 379 g/mol. The van der Waals surface area contributed by atoms with Crippen LogP contribution in [-0.2, 0) is 6.54 Å². The summed E-state index contributed by atoms with van der Waals surface area (Å²) in [4.78, 5) is 25.0. The van der Waals surface area contributed by atoms with Crippen molar-refractivity contribution in [2.45, 2.75) is 13.5 Å². The highest BCUT2D eigenvalue weighted by molar-refractivity contribution is 6.31. The molecule has 2 rings (SSSR count). The van der Waals surface area contributed by atoms with Crippen LogP contribution in [0.2, 0.25) is 5.02 Å². The van der Waals surface area contributed by atoms with Gasteiger partial charge >= 0.3 is 0 Å². The highest BCUT2D eigenvalue weighted by Crippen LogP contribution is 2.35. The van der Waals surface area contributed by atoms with Crippen molar-refractivity contribution in [1.82, 2.24) is 4.90 Å². The van der Waals surface area contributed by atoms with E-state index in [2.05, 4.69) is 0 Å². The minimum absolute atomic E-state index is 0.0788. The number of hydrogen-bond donors (Lipinski definition) is 0. The second-order valence-electron chi connectivity index (χ2n) is 5.46. The lowest BCUT2D eigenvalue weighted by Gasteiger charge is -2.19. The van der Waals surface area contributed by atoms with E-state index in [1.54, 1.807) is 32.2 Å². The van der Waals surface area contributed by atoms with Gasteiger partial charge in [0.2, 0.25) is 0 Å². The van der Waals surface area contributed by atoms with E-state index in [4.69, 9.17) is 21.1 Å². The number of rotatable bonds is 7. The van der Waals surface area contributed by atoms with Crippen LogP contribution < -0.4 is 9.47 Å². The number of hydrogen-bond acceptors (Lipinski definition) is 5. The molecule has 138 valence electrons. The van der Waals surface area contributed by atoms with Crippen LogP contribution in [0.25, 0.3) is 0 Å². The van der Waals surface area contributed by atoms with Gasteiger partial charge in [0.15, 0.2) is 11.5 Å². The fraction of sp³-hybridized carbons (Fsp3) is 0.278. The van der Waals surface area contributed by atoms with Crippen LogP contribution in [0.5, 0.6) is 11.5 Å². The van der Waals surface area contributed by atoms with Crippen molar-refractivity contribution in [2.75, 3.05) is 20.8 Å². The molecule has 0 radical (unpaired) electrons. The maximum atomic E-state index is 12.8. The van der Waals surface area contributed by atoms with Gasteiger partial charge in [0.05, 0.1) is 24.7 Å². The second kappa shape index (κ2) is 8.53. The average Bonchev–Trinajstić information content (AvgIpc) is 2.62. The summed E-state index contributed by atoms with van der Waals surface area (Å²) >= 11 is 6.12. The van der Waals surface area contributed by atoms with Gasteiger partial charge in [-0.2, -0.15) is 0 Å². The molecule has 0 fully saturated rings. The monoisotopic (exact) mass is 378 g/mol. The second-order valence-corrected chi connectivity index (χ2v) is 5.87. The molecule has 0 N–H and O–H groups in total. The number of ether oxygens (including phenoxy) is 2. The first-order valence-electron chi connectivity index (χ1n) is 7.87. The molecule has 0 aromatic heterocycles. The first-order chi connectivity index (χ1) is 12.4. The van der Waals surface area contributed by atoms with Gasteiger partial charge in [-0.1, -0.05) is 29.8 Å². The smallest absolute Gasteiger partial charge is 0.286 e. The minimum Gasteiger partial charge on any atom is -0.493 e. The Hall–Kier alpha value is -2.80. The molecule has 0 atom stereocenters. The Labute approximate surface area is 156 Å². The molecule has 0 unspecified atom stereocenters. The number of nitro groups is 1. The number of methoxy groups -OCH3 is 1. The third-order valence-corrected chi connectivity index (χ3v) is 4.09. The summed E-state index contributed by atoms with van der Waals surface area (Å²) in [5.74, 6) is -0.0445. The highest BCUT2D eigenvalue weighted by atomic mass is 35.5. The summed E-state index contributed by atoms with van der Waals surface area (Å²) in [6.45, 7) is 2.28. The van der Waals surface area contributed by atoms with Crippen molar-refractivity contribution in [3.8, 4) is 11.5 Å². The van der Waals surface area contributed by atoms with E-state index in [1.807, 2.05) is 6.07 Å². The van der Waals surface area contributed by atoms with Gasteiger partial charge in [-0.25, -0.2) is 0 Å². The predicted octanol–water partition coefficient (Wildman–Crippen LogP) is 3.93. The lowest BCUT2D eigenvalue weighted by molar-refractivity contribution is -0.385. The summed E-state index contributed by atoms with van der Waals surface area (Å²) < 4.78 is 10.6. The van der Waals surface area contributed by atoms with Crippen molar-refractivity contribution in [3.63, 3.8) is 0 Å². The number of carbonyl (C=O) groups excluding carboxylic acids is 1. The molecule has 0 aliphatic heterocycles. The van der Waals surface area contributed by atoms with Gasteiger partial charge in [-0.3, -0.25) is 14.9 Å². The van der Waals surface area contributed by atoms with E-state index in [-0.39, 0.29) is 29.3 Å². The molecule has 7 nitrogen and oxygen atoms in total. The molecule has 1 amide bonds. The van der Waals surface area contributed by atoms with Crippen LogP contribution in [0.3, 0.4) is 0 Å². The molecule has 26 heavy (non-hydrogen) atoms. The number of nitrogens with zero attached hydrogens (tertiary/aromatic N) is 2. The van der Waals surface area contributed by atoms with Gasteiger partial charge < -0.3 is 14.4 Å². The van der Waals surface area contributed by atoms with Crippen molar-refractivity contribution < 1.29 is 19.2 Å². The van der Waals surface area contributed by atoms with Crippen LogP contribution in [0.1, 0.15) is 22.8 Å². The first-order valence-corrected chi connectivity index (χ1v) is 8.24. The number of nitro benzene ring substituents is 1. The quantitative estimate of drug-likeness (QED) is 0.538. The van der Waals surface area contributed by atoms with Gasteiger partial charge in [0, 0.05) is 24.7 Å². The van der Waals surface area contributed by atoms with E-state index < -0.39 is 10.8 Å². The molecule has 0 aliphatic rings. The molecule has 2 aromatic carbocycles. The number of halogens is 1. The Bertz CT molecular complexity index is 825. The molecule has 0 saturated carbocycles. The number of carbonyl (C=O) groups is 1. The zero-order chi connectivity index (χ0) is 19.3. The van der Waals surface area contributed by atoms with Crippen LogP contribution >= 0.6 is 11.6 Å². The maximum Gasteiger partial charge on any atom is 0.286 e. The van der Waals surface area contributed by atoms with Crippen molar-refractivity contribution in [1.29, 1.82) is 0 Å². The SMILES string of the molecule is CCOc1cc([N+](=O)[O-])c(C(=O)N(C)Cc2ccccc2Cl)cc1OC. The molecule has 0 aliphatic carbocycles. The molecular weight excluding hydrogens is 360 g/mol. The zero-order valence-electron chi connectivity index (χ0n) is 14.7.